The zero-order chi connectivity index (χ0) is 15.2. The summed E-state index contributed by atoms with van der Waals surface area (Å²) in [6.45, 7) is 6.16. The van der Waals surface area contributed by atoms with Crippen LogP contribution in [0.2, 0.25) is 0 Å². The number of nitrogens with two attached hydrogens (primary N) is 1. The van der Waals surface area contributed by atoms with Gasteiger partial charge in [0, 0.05) is 19.6 Å². The molecule has 0 radical (unpaired) electrons. The summed E-state index contributed by atoms with van der Waals surface area (Å²) < 4.78 is 24.6. The van der Waals surface area contributed by atoms with Crippen LogP contribution in [-0.4, -0.2) is 39.2 Å². The Hall–Kier alpha value is -0.910. The molecule has 0 aliphatic carbocycles. The van der Waals surface area contributed by atoms with Gasteiger partial charge in [0.25, 0.3) is 0 Å². The van der Waals surface area contributed by atoms with Gasteiger partial charge in [-0.3, -0.25) is 0 Å². The fourth-order valence-corrected chi connectivity index (χ4v) is 3.42. The van der Waals surface area contributed by atoms with Crippen LogP contribution in [0.4, 0.5) is 0 Å². The molecular weight excluding hydrogens is 272 g/mol. The largest absolute Gasteiger partial charge is 0.326 e. The first kappa shape index (κ1) is 17.1. The molecule has 0 bridgehead atoms. The van der Waals surface area contributed by atoms with Gasteiger partial charge in [0.2, 0.25) is 0 Å². The highest BCUT2D eigenvalue weighted by molar-refractivity contribution is 7.91. The van der Waals surface area contributed by atoms with Crippen molar-refractivity contribution in [1.29, 1.82) is 0 Å². The number of nitrogens with zero attached hydrogens (tertiary/aromatic N) is 1. The van der Waals surface area contributed by atoms with E-state index in [1.54, 1.807) is 18.2 Å². The van der Waals surface area contributed by atoms with Crippen LogP contribution in [0, 0.1) is 5.92 Å². The Kier molecular flexibility index (Phi) is 6.65. The highest BCUT2D eigenvalue weighted by atomic mass is 32.2. The lowest BCUT2D eigenvalue weighted by molar-refractivity contribution is 0.296. The van der Waals surface area contributed by atoms with Crippen molar-refractivity contribution in [2.75, 3.05) is 25.9 Å². The Morgan fingerprint density at radius 1 is 1.35 bits per heavy atom. The van der Waals surface area contributed by atoms with Crippen LogP contribution in [0.15, 0.2) is 29.2 Å². The molecule has 0 saturated carbocycles. The lowest BCUT2D eigenvalue weighted by atomic mass is 10.1. The van der Waals surface area contributed by atoms with Gasteiger partial charge >= 0.3 is 0 Å². The van der Waals surface area contributed by atoms with Gasteiger partial charge in [0.05, 0.1) is 10.6 Å². The maximum absolute atomic E-state index is 12.3. The second kappa shape index (κ2) is 7.76. The second-order valence-corrected chi connectivity index (χ2v) is 7.56. The molecule has 0 amide bonds. The summed E-state index contributed by atoms with van der Waals surface area (Å²) >= 11 is 0. The Balaban J connectivity index is 2.65. The van der Waals surface area contributed by atoms with E-state index in [9.17, 15) is 8.42 Å². The van der Waals surface area contributed by atoms with Crippen molar-refractivity contribution in [1.82, 2.24) is 4.90 Å². The van der Waals surface area contributed by atoms with Gasteiger partial charge in [-0.25, -0.2) is 8.42 Å². The number of benzene rings is 1. The van der Waals surface area contributed by atoms with Gasteiger partial charge in [0.1, 0.15) is 0 Å². The van der Waals surface area contributed by atoms with Crippen molar-refractivity contribution in [2.45, 2.75) is 31.7 Å². The molecule has 0 spiro atoms. The van der Waals surface area contributed by atoms with Crippen LogP contribution in [0.3, 0.4) is 0 Å². The first-order chi connectivity index (χ1) is 9.39. The standard InChI is InChI=1S/C15H26N2O2S/c1-4-13(2)12-17(3)8-9-20(18,19)15-7-5-6-14(10-15)11-16/h5-7,10,13H,4,8-9,11-12,16H2,1-3H3. The van der Waals surface area contributed by atoms with Gasteiger partial charge < -0.3 is 10.6 Å². The number of sulfone groups is 1. The highest BCUT2D eigenvalue weighted by Crippen LogP contribution is 2.13. The number of hydrogen-bond donors (Lipinski definition) is 1. The monoisotopic (exact) mass is 298 g/mol. The van der Waals surface area contributed by atoms with Gasteiger partial charge in [-0.15, -0.1) is 0 Å². The van der Waals surface area contributed by atoms with Crippen LogP contribution in [-0.2, 0) is 16.4 Å². The molecule has 0 saturated heterocycles. The lowest BCUT2D eigenvalue weighted by Crippen LogP contribution is -2.29. The Morgan fingerprint density at radius 2 is 2.05 bits per heavy atom. The smallest absolute Gasteiger partial charge is 0.179 e. The van der Waals surface area contributed by atoms with Crippen molar-refractivity contribution in [3.63, 3.8) is 0 Å². The molecule has 1 aromatic carbocycles. The summed E-state index contributed by atoms with van der Waals surface area (Å²) in [5.74, 6) is 0.733. The topological polar surface area (TPSA) is 63.4 Å². The minimum atomic E-state index is -3.23. The summed E-state index contributed by atoms with van der Waals surface area (Å²) in [6, 6.07) is 6.90. The highest BCUT2D eigenvalue weighted by Gasteiger charge is 2.16. The summed E-state index contributed by atoms with van der Waals surface area (Å²) in [6.07, 6.45) is 1.11. The van der Waals surface area contributed by atoms with E-state index in [1.807, 2.05) is 13.1 Å². The van der Waals surface area contributed by atoms with Gasteiger partial charge in [-0.05, 0) is 30.7 Å². The third-order valence-corrected chi connectivity index (χ3v) is 5.25. The molecule has 0 heterocycles. The molecule has 0 aliphatic rings. The third-order valence-electron chi connectivity index (χ3n) is 3.56. The minimum absolute atomic E-state index is 0.147. The van der Waals surface area contributed by atoms with Gasteiger partial charge in [-0.2, -0.15) is 0 Å². The van der Waals surface area contributed by atoms with Crippen LogP contribution in [0.5, 0.6) is 0 Å². The first-order valence-electron chi connectivity index (χ1n) is 7.09. The molecule has 20 heavy (non-hydrogen) atoms. The van der Waals surface area contributed by atoms with E-state index < -0.39 is 9.84 Å². The molecular formula is C15H26N2O2S. The summed E-state index contributed by atoms with van der Waals surface area (Å²) in [5.41, 5.74) is 6.40. The molecule has 0 aromatic heterocycles. The quantitative estimate of drug-likeness (QED) is 0.796. The molecule has 0 aliphatic heterocycles. The molecule has 1 aromatic rings. The first-order valence-corrected chi connectivity index (χ1v) is 8.74. The molecule has 1 rings (SSSR count). The zero-order valence-corrected chi connectivity index (χ0v) is 13.5. The maximum atomic E-state index is 12.3. The molecule has 1 atom stereocenters. The summed E-state index contributed by atoms with van der Waals surface area (Å²) in [5, 5.41) is 0. The summed E-state index contributed by atoms with van der Waals surface area (Å²) in [4.78, 5) is 2.45. The Bertz CT molecular complexity index is 514. The van der Waals surface area contributed by atoms with Crippen LogP contribution >= 0.6 is 0 Å². The number of hydrogen-bond acceptors (Lipinski definition) is 4. The molecule has 4 nitrogen and oxygen atoms in total. The second-order valence-electron chi connectivity index (χ2n) is 5.45. The van der Waals surface area contributed by atoms with E-state index in [0.717, 1.165) is 18.5 Å². The normalized spacial score (nSPS) is 13.7. The average Bonchev–Trinajstić information content (AvgIpc) is 2.45. The van der Waals surface area contributed by atoms with Crippen LogP contribution in [0.25, 0.3) is 0 Å². The van der Waals surface area contributed by atoms with Gasteiger partial charge in [-0.1, -0.05) is 32.4 Å². The molecule has 1 unspecified atom stereocenters. The van der Waals surface area contributed by atoms with E-state index >= 15 is 0 Å². The van der Waals surface area contributed by atoms with E-state index in [-0.39, 0.29) is 5.75 Å². The Labute approximate surface area is 122 Å². The lowest BCUT2D eigenvalue weighted by Gasteiger charge is -2.20. The average molecular weight is 298 g/mol. The predicted octanol–water partition coefficient (Wildman–Crippen LogP) is 1.90. The van der Waals surface area contributed by atoms with Crippen molar-refractivity contribution >= 4 is 9.84 Å². The van der Waals surface area contributed by atoms with Crippen molar-refractivity contribution in [3.05, 3.63) is 29.8 Å². The molecule has 5 heteroatoms. The van der Waals surface area contributed by atoms with Crippen LogP contribution < -0.4 is 5.73 Å². The molecule has 0 fully saturated rings. The van der Waals surface area contributed by atoms with Gasteiger partial charge in [0.15, 0.2) is 9.84 Å². The SMILES string of the molecule is CCC(C)CN(C)CCS(=O)(=O)c1cccc(CN)c1. The fraction of sp³-hybridized carbons (Fsp3) is 0.600. The molecule has 2 N–H and O–H groups in total. The Morgan fingerprint density at radius 3 is 2.65 bits per heavy atom. The van der Waals surface area contributed by atoms with Crippen molar-refractivity contribution in [3.8, 4) is 0 Å². The van der Waals surface area contributed by atoms with Crippen molar-refractivity contribution < 1.29 is 8.42 Å². The maximum Gasteiger partial charge on any atom is 0.179 e. The number of rotatable bonds is 8. The third kappa shape index (κ3) is 5.23. The van der Waals surface area contributed by atoms with Crippen molar-refractivity contribution in [2.24, 2.45) is 11.7 Å². The molecule has 114 valence electrons. The van der Waals surface area contributed by atoms with Crippen LogP contribution in [0.1, 0.15) is 25.8 Å². The van der Waals surface area contributed by atoms with E-state index in [1.165, 1.54) is 0 Å². The van der Waals surface area contributed by atoms with E-state index in [4.69, 9.17) is 5.73 Å². The fourth-order valence-electron chi connectivity index (χ4n) is 2.01. The zero-order valence-electron chi connectivity index (χ0n) is 12.7. The minimum Gasteiger partial charge on any atom is -0.326 e. The predicted molar refractivity (Wildman–Crippen MR) is 83.3 cm³/mol. The summed E-state index contributed by atoms with van der Waals surface area (Å²) in [7, 11) is -1.26. The van der Waals surface area contributed by atoms with E-state index in [0.29, 0.717) is 23.9 Å². The van der Waals surface area contributed by atoms with E-state index in [2.05, 4.69) is 18.7 Å².